The third kappa shape index (κ3) is 2.78. The fraction of sp³-hybridized carbons (Fsp3) is 0.429. The van der Waals surface area contributed by atoms with Gasteiger partial charge in [0.25, 0.3) is 0 Å². The minimum atomic E-state index is 0.249. The number of fused-ring (bicyclic) bond motifs is 1. The number of nitrogens with one attached hydrogen (secondary N) is 1. The van der Waals surface area contributed by atoms with Gasteiger partial charge in [0, 0.05) is 24.2 Å². The van der Waals surface area contributed by atoms with E-state index >= 15 is 0 Å². The summed E-state index contributed by atoms with van der Waals surface area (Å²) in [5, 5.41) is 7.21. The van der Waals surface area contributed by atoms with Gasteiger partial charge in [-0.25, -0.2) is 0 Å². The van der Waals surface area contributed by atoms with Crippen LogP contribution in [0.4, 0.5) is 0 Å². The van der Waals surface area contributed by atoms with Gasteiger partial charge in [0.1, 0.15) is 5.75 Å². The van der Waals surface area contributed by atoms with Crippen LogP contribution in [0.5, 0.6) is 17.2 Å². The average Bonchev–Trinajstić information content (AvgIpc) is 3.00. The zero-order valence-corrected chi connectivity index (χ0v) is 11.4. The SMILES string of the molecule is c1nc(COc2cc3c(cc2CNC2CC2)OCO3)no1. The number of aromatic nitrogens is 2. The highest BCUT2D eigenvalue weighted by molar-refractivity contribution is 5.51. The predicted octanol–water partition coefficient (Wildman–Crippen LogP) is 1.63. The summed E-state index contributed by atoms with van der Waals surface area (Å²) in [7, 11) is 0. The first-order valence-electron chi connectivity index (χ1n) is 6.92. The van der Waals surface area contributed by atoms with Crippen molar-refractivity contribution in [2.24, 2.45) is 0 Å². The highest BCUT2D eigenvalue weighted by Crippen LogP contribution is 2.38. The molecule has 1 aromatic heterocycles. The number of benzene rings is 1. The van der Waals surface area contributed by atoms with Crippen LogP contribution in [0.3, 0.4) is 0 Å². The highest BCUT2D eigenvalue weighted by atomic mass is 16.7. The molecule has 21 heavy (non-hydrogen) atoms. The molecule has 7 heteroatoms. The molecule has 0 atom stereocenters. The summed E-state index contributed by atoms with van der Waals surface area (Å²) in [5.41, 5.74) is 1.04. The van der Waals surface area contributed by atoms with Crippen molar-refractivity contribution in [2.75, 3.05) is 6.79 Å². The normalized spacial score (nSPS) is 16.2. The second kappa shape index (κ2) is 5.25. The van der Waals surface area contributed by atoms with Crippen LogP contribution >= 0.6 is 0 Å². The van der Waals surface area contributed by atoms with Crippen LogP contribution in [0.25, 0.3) is 0 Å². The van der Waals surface area contributed by atoms with Crippen LogP contribution in [0.2, 0.25) is 0 Å². The van der Waals surface area contributed by atoms with E-state index in [-0.39, 0.29) is 13.4 Å². The molecule has 0 unspecified atom stereocenters. The van der Waals surface area contributed by atoms with Gasteiger partial charge >= 0.3 is 0 Å². The molecule has 0 spiro atoms. The van der Waals surface area contributed by atoms with Crippen LogP contribution in [-0.2, 0) is 13.2 Å². The number of hydrogen-bond acceptors (Lipinski definition) is 7. The monoisotopic (exact) mass is 289 g/mol. The van der Waals surface area contributed by atoms with Crippen LogP contribution in [-0.4, -0.2) is 23.0 Å². The van der Waals surface area contributed by atoms with Gasteiger partial charge in [-0.15, -0.1) is 0 Å². The minimum absolute atomic E-state index is 0.249. The summed E-state index contributed by atoms with van der Waals surface area (Å²) in [5.74, 6) is 2.72. The number of rotatable bonds is 6. The van der Waals surface area contributed by atoms with Crippen molar-refractivity contribution in [1.29, 1.82) is 0 Å². The third-order valence-corrected chi connectivity index (χ3v) is 3.48. The Labute approximate surface area is 121 Å². The van der Waals surface area contributed by atoms with E-state index in [1.54, 1.807) is 0 Å². The summed E-state index contributed by atoms with van der Waals surface area (Å²) >= 11 is 0. The molecule has 0 radical (unpaired) electrons. The van der Waals surface area contributed by atoms with Crippen molar-refractivity contribution in [3.63, 3.8) is 0 Å². The van der Waals surface area contributed by atoms with Crippen LogP contribution in [0.15, 0.2) is 23.0 Å². The maximum absolute atomic E-state index is 5.80. The van der Waals surface area contributed by atoms with E-state index in [4.69, 9.17) is 18.7 Å². The Balaban J connectivity index is 1.53. The third-order valence-electron chi connectivity index (χ3n) is 3.48. The Hall–Kier alpha value is -2.28. The molecule has 2 heterocycles. The molecule has 7 nitrogen and oxygen atoms in total. The van der Waals surface area contributed by atoms with Crippen LogP contribution in [0, 0.1) is 0 Å². The van der Waals surface area contributed by atoms with Crippen LogP contribution in [0.1, 0.15) is 24.2 Å². The van der Waals surface area contributed by atoms with Crippen molar-refractivity contribution >= 4 is 0 Å². The molecule has 0 saturated heterocycles. The standard InChI is InChI=1S/C14H15N3O4/c1-2-10(1)15-5-9-3-12-13(20-8-19-12)4-11(9)18-6-14-16-7-21-17-14/h3-4,7,10,15H,1-2,5-6,8H2. The van der Waals surface area contributed by atoms with E-state index in [2.05, 4.69) is 15.5 Å². The molecule has 0 amide bonds. The van der Waals surface area contributed by atoms with Gasteiger partial charge in [0.15, 0.2) is 18.1 Å². The molecule has 4 rings (SSSR count). The summed E-state index contributed by atoms with van der Waals surface area (Å²) in [4.78, 5) is 3.94. The van der Waals surface area contributed by atoms with Gasteiger partial charge in [-0.3, -0.25) is 0 Å². The van der Waals surface area contributed by atoms with E-state index in [1.165, 1.54) is 19.2 Å². The van der Waals surface area contributed by atoms with Crippen molar-refractivity contribution in [2.45, 2.75) is 32.0 Å². The topological polar surface area (TPSA) is 78.6 Å². The Kier molecular flexibility index (Phi) is 3.11. The molecule has 1 fully saturated rings. The lowest BCUT2D eigenvalue weighted by Crippen LogP contribution is -2.16. The molecule has 2 aromatic rings. The lowest BCUT2D eigenvalue weighted by Gasteiger charge is -2.12. The highest BCUT2D eigenvalue weighted by Gasteiger charge is 2.23. The largest absolute Gasteiger partial charge is 0.485 e. The Bertz CT molecular complexity index is 625. The first-order valence-corrected chi connectivity index (χ1v) is 6.92. The molecule has 1 N–H and O–H groups in total. The molecule has 2 aliphatic rings. The fourth-order valence-corrected chi connectivity index (χ4v) is 2.18. The predicted molar refractivity (Wildman–Crippen MR) is 71.1 cm³/mol. The van der Waals surface area contributed by atoms with E-state index in [9.17, 15) is 0 Å². The van der Waals surface area contributed by atoms with Crippen molar-refractivity contribution < 1.29 is 18.7 Å². The Morgan fingerprint density at radius 1 is 1.24 bits per heavy atom. The number of hydrogen-bond donors (Lipinski definition) is 1. The van der Waals surface area contributed by atoms with E-state index in [1.807, 2.05) is 12.1 Å². The molecular weight excluding hydrogens is 274 g/mol. The van der Waals surface area contributed by atoms with Crippen molar-refractivity contribution in [1.82, 2.24) is 15.5 Å². The van der Waals surface area contributed by atoms with Gasteiger partial charge in [0.2, 0.25) is 19.0 Å². The summed E-state index contributed by atoms with van der Waals surface area (Å²) in [6, 6.07) is 4.44. The lowest BCUT2D eigenvalue weighted by atomic mass is 10.1. The fourth-order valence-electron chi connectivity index (χ4n) is 2.18. The van der Waals surface area contributed by atoms with Crippen molar-refractivity contribution in [3.05, 3.63) is 29.9 Å². The molecule has 110 valence electrons. The lowest BCUT2D eigenvalue weighted by molar-refractivity contribution is 0.173. The van der Waals surface area contributed by atoms with Crippen LogP contribution < -0.4 is 19.5 Å². The number of ether oxygens (including phenoxy) is 3. The van der Waals surface area contributed by atoms with E-state index in [0.29, 0.717) is 17.6 Å². The molecule has 1 aromatic carbocycles. The summed E-state index contributed by atoms with van der Waals surface area (Å²) in [6.07, 6.45) is 3.76. The first kappa shape index (κ1) is 12.5. The first-order chi connectivity index (χ1) is 10.4. The maximum Gasteiger partial charge on any atom is 0.231 e. The zero-order valence-electron chi connectivity index (χ0n) is 11.4. The molecule has 1 aliphatic heterocycles. The molecular formula is C14H15N3O4. The molecule has 1 aliphatic carbocycles. The van der Waals surface area contributed by atoms with Gasteiger partial charge in [0.05, 0.1) is 0 Å². The van der Waals surface area contributed by atoms with Gasteiger partial charge in [-0.1, -0.05) is 5.16 Å². The zero-order chi connectivity index (χ0) is 14.1. The Morgan fingerprint density at radius 3 is 2.86 bits per heavy atom. The summed E-state index contributed by atoms with van der Waals surface area (Å²) < 4.78 is 21.3. The smallest absolute Gasteiger partial charge is 0.231 e. The second-order valence-electron chi connectivity index (χ2n) is 5.10. The van der Waals surface area contributed by atoms with E-state index in [0.717, 1.165) is 23.6 Å². The summed E-state index contributed by atoms with van der Waals surface area (Å²) in [6.45, 7) is 1.24. The molecule has 0 bridgehead atoms. The van der Waals surface area contributed by atoms with Gasteiger partial charge in [-0.2, -0.15) is 4.98 Å². The average molecular weight is 289 g/mol. The quantitative estimate of drug-likeness (QED) is 0.865. The van der Waals surface area contributed by atoms with Gasteiger partial charge in [-0.05, 0) is 18.9 Å². The number of nitrogens with zero attached hydrogens (tertiary/aromatic N) is 2. The van der Waals surface area contributed by atoms with E-state index < -0.39 is 0 Å². The second-order valence-corrected chi connectivity index (χ2v) is 5.10. The van der Waals surface area contributed by atoms with Gasteiger partial charge < -0.3 is 24.1 Å². The maximum atomic E-state index is 5.80. The molecule has 1 saturated carbocycles. The Morgan fingerprint density at radius 2 is 2.10 bits per heavy atom. The van der Waals surface area contributed by atoms with Crippen molar-refractivity contribution in [3.8, 4) is 17.2 Å². The minimum Gasteiger partial charge on any atom is -0.485 e.